The molecule has 6 nitrogen and oxygen atoms in total. The standard InChI is InChI=1S/C25H30N4O2/c1-18-7-8-22(25-28-27-19(2)31-25)17-23(18)20-9-11-21(12-10-20)24(30)26-13-6-16-29-14-4-3-5-15-29/h7-12,17H,3-6,13-16H2,1-2H3,(H,26,30). The third-order valence-corrected chi connectivity index (χ3v) is 5.85. The van der Waals surface area contributed by atoms with Crippen LogP contribution in [0.5, 0.6) is 0 Å². The minimum absolute atomic E-state index is 0.0167. The Morgan fingerprint density at radius 3 is 2.45 bits per heavy atom. The Kier molecular flexibility index (Phi) is 6.77. The average molecular weight is 419 g/mol. The maximum atomic E-state index is 12.5. The quantitative estimate of drug-likeness (QED) is 0.567. The van der Waals surface area contributed by atoms with Gasteiger partial charge in [-0.2, -0.15) is 0 Å². The Labute approximate surface area is 183 Å². The van der Waals surface area contributed by atoms with Gasteiger partial charge in [-0.15, -0.1) is 10.2 Å². The number of piperidine rings is 1. The second kappa shape index (κ2) is 9.88. The van der Waals surface area contributed by atoms with Gasteiger partial charge in [0.2, 0.25) is 11.8 Å². The van der Waals surface area contributed by atoms with Crippen LogP contribution in [0.25, 0.3) is 22.6 Å². The zero-order valence-electron chi connectivity index (χ0n) is 18.4. The number of benzene rings is 2. The molecule has 1 aliphatic heterocycles. The van der Waals surface area contributed by atoms with Gasteiger partial charge in [-0.3, -0.25) is 4.79 Å². The fraction of sp³-hybridized carbons (Fsp3) is 0.400. The van der Waals surface area contributed by atoms with Crippen LogP contribution in [0.1, 0.15) is 47.5 Å². The van der Waals surface area contributed by atoms with E-state index in [1.54, 1.807) is 6.92 Å². The van der Waals surface area contributed by atoms with Gasteiger partial charge in [-0.1, -0.05) is 24.6 Å². The fourth-order valence-electron chi connectivity index (χ4n) is 4.07. The molecule has 1 amide bonds. The lowest BCUT2D eigenvalue weighted by Crippen LogP contribution is -2.33. The van der Waals surface area contributed by atoms with E-state index < -0.39 is 0 Å². The van der Waals surface area contributed by atoms with Gasteiger partial charge in [0, 0.05) is 24.6 Å². The summed E-state index contributed by atoms with van der Waals surface area (Å²) in [5, 5.41) is 11.1. The molecule has 6 heteroatoms. The first-order valence-corrected chi connectivity index (χ1v) is 11.1. The normalized spacial score (nSPS) is 14.5. The molecule has 1 aliphatic rings. The molecule has 162 valence electrons. The van der Waals surface area contributed by atoms with Gasteiger partial charge in [0.15, 0.2) is 0 Å². The van der Waals surface area contributed by atoms with Crippen LogP contribution in [-0.2, 0) is 0 Å². The topological polar surface area (TPSA) is 71.3 Å². The minimum atomic E-state index is -0.0167. The van der Waals surface area contributed by atoms with Gasteiger partial charge in [0.25, 0.3) is 5.91 Å². The Balaban J connectivity index is 1.37. The summed E-state index contributed by atoms with van der Waals surface area (Å²) in [6, 6.07) is 13.8. The summed E-state index contributed by atoms with van der Waals surface area (Å²) >= 11 is 0. The van der Waals surface area contributed by atoms with Crippen LogP contribution in [0.2, 0.25) is 0 Å². The summed E-state index contributed by atoms with van der Waals surface area (Å²) in [5.74, 6) is 1.04. The van der Waals surface area contributed by atoms with Gasteiger partial charge in [-0.05, 0) is 86.8 Å². The lowest BCUT2D eigenvalue weighted by atomic mass is 9.97. The van der Waals surface area contributed by atoms with Gasteiger partial charge in [-0.25, -0.2) is 0 Å². The van der Waals surface area contributed by atoms with E-state index in [2.05, 4.69) is 33.4 Å². The van der Waals surface area contributed by atoms with Crippen LogP contribution in [0, 0.1) is 13.8 Å². The molecular weight excluding hydrogens is 388 g/mol. The summed E-state index contributed by atoms with van der Waals surface area (Å²) in [7, 11) is 0. The summed E-state index contributed by atoms with van der Waals surface area (Å²) in [6.07, 6.45) is 4.94. The molecule has 31 heavy (non-hydrogen) atoms. The number of aromatic nitrogens is 2. The molecule has 0 bridgehead atoms. The van der Waals surface area contributed by atoms with Crippen molar-refractivity contribution in [2.24, 2.45) is 0 Å². The molecule has 0 aliphatic carbocycles. The number of rotatable bonds is 7. The maximum absolute atomic E-state index is 12.5. The summed E-state index contributed by atoms with van der Waals surface area (Å²) in [4.78, 5) is 15.0. The molecular formula is C25H30N4O2. The number of nitrogens with zero attached hydrogens (tertiary/aromatic N) is 3. The molecule has 0 saturated carbocycles. The molecule has 1 fully saturated rings. The van der Waals surface area contributed by atoms with Crippen LogP contribution in [0.3, 0.4) is 0 Å². The molecule has 1 saturated heterocycles. The number of hydrogen-bond donors (Lipinski definition) is 1. The van der Waals surface area contributed by atoms with E-state index in [1.165, 1.54) is 32.4 Å². The molecule has 0 atom stereocenters. The molecule has 0 unspecified atom stereocenters. The Bertz CT molecular complexity index is 1020. The van der Waals surface area contributed by atoms with E-state index in [0.717, 1.165) is 35.2 Å². The van der Waals surface area contributed by atoms with E-state index in [4.69, 9.17) is 4.42 Å². The number of carbonyl (C=O) groups is 1. The number of nitrogens with one attached hydrogen (secondary N) is 1. The summed E-state index contributed by atoms with van der Waals surface area (Å²) in [6.45, 7) is 8.02. The molecule has 2 heterocycles. The van der Waals surface area contributed by atoms with Crippen molar-refractivity contribution < 1.29 is 9.21 Å². The first-order chi connectivity index (χ1) is 15.1. The lowest BCUT2D eigenvalue weighted by Gasteiger charge is -2.26. The molecule has 1 N–H and O–H groups in total. The largest absolute Gasteiger partial charge is 0.421 e. The van der Waals surface area contributed by atoms with E-state index in [0.29, 0.717) is 23.9 Å². The average Bonchev–Trinajstić information content (AvgIpc) is 3.24. The van der Waals surface area contributed by atoms with Crippen molar-refractivity contribution in [3.8, 4) is 22.6 Å². The second-order valence-electron chi connectivity index (χ2n) is 8.25. The Morgan fingerprint density at radius 2 is 1.74 bits per heavy atom. The highest BCUT2D eigenvalue weighted by atomic mass is 16.4. The number of hydrogen-bond acceptors (Lipinski definition) is 5. The Morgan fingerprint density at radius 1 is 1.00 bits per heavy atom. The lowest BCUT2D eigenvalue weighted by molar-refractivity contribution is 0.0951. The van der Waals surface area contributed by atoms with E-state index in [-0.39, 0.29) is 5.91 Å². The SMILES string of the molecule is Cc1nnc(-c2ccc(C)c(-c3ccc(C(=O)NCCCN4CCCCC4)cc3)c2)o1. The first kappa shape index (κ1) is 21.2. The first-order valence-electron chi connectivity index (χ1n) is 11.1. The van der Waals surface area contributed by atoms with Crippen molar-refractivity contribution in [3.05, 3.63) is 59.5 Å². The highest BCUT2D eigenvalue weighted by molar-refractivity contribution is 5.94. The van der Waals surface area contributed by atoms with Crippen LogP contribution in [0.15, 0.2) is 46.9 Å². The number of likely N-dealkylation sites (tertiary alicyclic amines) is 1. The van der Waals surface area contributed by atoms with Crippen molar-refractivity contribution in [1.29, 1.82) is 0 Å². The van der Waals surface area contributed by atoms with E-state index in [9.17, 15) is 4.79 Å². The van der Waals surface area contributed by atoms with Crippen molar-refractivity contribution in [2.45, 2.75) is 39.5 Å². The van der Waals surface area contributed by atoms with Crippen molar-refractivity contribution >= 4 is 5.91 Å². The predicted octanol–water partition coefficient (Wildman–Crippen LogP) is 4.63. The fourth-order valence-corrected chi connectivity index (χ4v) is 4.07. The van der Waals surface area contributed by atoms with Gasteiger partial charge < -0.3 is 14.6 Å². The molecule has 1 aromatic heterocycles. The van der Waals surface area contributed by atoms with Crippen LogP contribution in [0.4, 0.5) is 0 Å². The van der Waals surface area contributed by atoms with E-state index in [1.807, 2.05) is 36.4 Å². The summed E-state index contributed by atoms with van der Waals surface area (Å²) < 4.78 is 5.56. The molecule has 2 aromatic carbocycles. The van der Waals surface area contributed by atoms with Crippen LogP contribution >= 0.6 is 0 Å². The highest BCUT2D eigenvalue weighted by Gasteiger charge is 2.12. The Hall–Kier alpha value is -2.99. The zero-order chi connectivity index (χ0) is 21.6. The molecule has 0 radical (unpaired) electrons. The highest BCUT2D eigenvalue weighted by Crippen LogP contribution is 2.29. The van der Waals surface area contributed by atoms with E-state index >= 15 is 0 Å². The van der Waals surface area contributed by atoms with Crippen molar-refractivity contribution in [1.82, 2.24) is 20.4 Å². The van der Waals surface area contributed by atoms with Crippen LogP contribution in [-0.4, -0.2) is 47.2 Å². The van der Waals surface area contributed by atoms with Gasteiger partial charge in [0.05, 0.1) is 0 Å². The maximum Gasteiger partial charge on any atom is 0.251 e. The van der Waals surface area contributed by atoms with Crippen molar-refractivity contribution in [2.75, 3.05) is 26.2 Å². The molecule has 0 spiro atoms. The third-order valence-electron chi connectivity index (χ3n) is 5.85. The van der Waals surface area contributed by atoms with Gasteiger partial charge in [0.1, 0.15) is 0 Å². The molecule has 3 aromatic rings. The zero-order valence-corrected chi connectivity index (χ0v) is 18.4. The number of carbonyl (C=O) groups excluding carboxylic acids is 1. The summed E-state index contributed by atoms with van der Waals surface area (Å²) in [5.41, 5.74) is 4.86. The van der Waals surface area contributed by atoms with Crippen LogP contribution < -0.4 is 5.32 Å². The van der Waals surface area contributed by atoms with Crippen molar-refractivity contribution in [3.63, 3.8) is 0 Å². The second-order valence-corrected chi connectivity index (χ2v) is 8.25. The number of aryl methyl sites for hydroxylation is 2. The van der Waals surface area contributed by atoms with Gasteiger partial charge >= 0.3 is 0 Å². The molecule has 4 rings (SSSR count). The number of amides is 1. The predicted molar refractivity (Wildman–Crippen MR) is 122 cm³/mol. The monoisotopic (exact) mass is 418 g/mol. The third kappa shape index (κ3) is 5.39. The smallest absolute Gasteiger partial charge is 0.251 e. The minimum Gasteiger partial charge on any atom is -0.421 e.